The second kappa shape index (κ2) is 11.3. The van der Waals surface area contributed by atoms with Gasteiger partial charge in [0.15, 0.2) is 5.96 Å². The van der Waals surface area contributed by atoms with Gasteiger partial charge >= 0.3 is 0 Å². The first-order valence-electron chi connectivity index (χ1n) is 10.9. The molecule has 1 aromatic heterocycles. The largest absolute Gasteiger partial charge is 0.357 e. The molecule has 1 aliphatic rings. The van der Waals surface area contributed by atoms with Crippen LogP contribution in [0.25, 0.3) is 11.4 Å². The number of nitrogens with zero attached hydrogens (tertiary/aromatic N) is 4. The van der Waals surface area contributed by atoms with E-state index in [9.17, 15) is 0 Å². The van der Waals surface area contributed by atoms with E-state index >= 15 is 0 Å². The molecule has 0 amide bonds. The Morgan fingerprint density at radius 3 is 2.67 bits per heavy atom. The summed E-state index contributed by atoms with van der Waals surface area (Å²) >= 11 is 5.93. The minimum absolute atomic E-state index is 0.464. The summed E-state index contributed by atoms with van der Waals surface area (Å²) in [5.41, 5.74) is 0.886. The fourth-order valence-corrected chi connectivity index (χ4v) is 3.75. The summed E-state index contributed by atoms with van der Waals surface area (Å²) in [6.45, 7) is 11.5. The predicted octanol–water partition coefficient (Wildman–Crippen LogP) is 3.61. The van der Waals surface area contributed by atoms with E-state index in [2.05, 4.69) is 46.4 Å². The lowest BCUT2D eigenvalue weighted by Crippen LogP contribution is -2.49. The highest BCUT2D eigenvalue weighted by Crippen LogP contribution is 2.18. The van der Waals surface area contributed by atoms with Crippen LogP contribution >= 0.6 is 11.6 Å². The molecular weight excluding hydrogens is 400 g/mol. The van der Waals surface area contributed by atoms with Crippen LogP contribution in [0.3, 0.4) is 0 Å². The van der Waals surface area contributed by atoms with Crippen LogP contribution in [0, 0.1) is 5.92 Å². The Hall–Kier alpha value is -2.12. The van der Waals surface area contributed by atoms with Gasteiger partial charge in [-0.1, -0.05) is 30.6 Å². The van der Waals surface area contributed by atoms with Crippen molar-refractivity contribution >= 4 is 17.6 Å². The first-order chi connectivity index (χ1) is 14.5. The molecule has 0 saturated carbocycles. The minimum atomic E-state index is 0.464. The number of nitrogens with one attached hydrogen (secondary N) is 2. The molecule has 2 heterocycles. The van der Waals surface area contributed by atoms with Crippen molar-refractivity contribution in [1.29, 1.82) is 0 Å². The Balaban J connectivity index is 1.49. The molecule has 1 saturated heterocycles. The number of benzene rings is 1. The molecule has 2 N–H and O–H groups in total. The van der Waals surface area contributed by atoms with E-state index in [1.165, 1.54) is 6.54 Å². The van der Waals surface area contributed by atoms with E-state index in [1.54, 1.807) is 0 Å². The average Bonchev–Trinajstić information content (AvgIpc) is 3.18. The maximum Gasteiger partial charge on any atom is 0.228 e. The summed E-state index contributed by atoms with van der Waals surface area (Å²) in [6, 6.07) is 7.87. The molecular formula is C22H33ClN6O. The molecule has 30 heavy (non-hydrogen) atoms. The molecule has 1 aromatic carbocycles. The third kappa shape index (κ3) is 6.99. The van der Waals surface area contributed by atoms with Gasteiger partial charge in [-0.15, -0.1) is 0 Å². The Bertz CT molecular complexity index is 796. The standard InChI is InChI=1S/C22H33ClN6O/c1-4-24-22(26-19-10-13-29(14-11-19)15-16(2)3)25-12-9-20-27-21(28-30-20)17-5-7-18(23)8-6-17/h5-8,16,19H,4,9-15H2,1-3H3,(H2,24,25,26). The quantitative estimate of drug-likeness (QED) is 0.490. The van der Waals surface area contributed by atoms with E-state index in [0.717, 1.165) is 49.9 Å². The number of piperidine rings is 1. The number of aliphatic imine (C=N–C) groups is 1. The summed E-state index contributed by atoms with van der Waals surface area (Å²) < 4.78 is 5.37. The van der Waals surface area contributed by atoms with Crippen molar-refractivity contribution in [3.8, 4) is 11.4 Å². The summed E-state index contributed by atoms with van der Waals surface area (Å²) in [5, 5.41) is 11.7. The Morgan fingerprint density at radius 1 is 1.27 bits per heavy atom. The van der Waals surface area contributed by atoms with Crippen LogP contribution < -0.4 is 10.6 Å². The van der Waals surface area contributed by atoms with E-state index in [4.69, 9.17) is 21.1 Å². The molecule has 1 aliphatic heterocycles. The molecule has 0 bridgehead atoms. The summed E-state index contributed by atoms with van der Waals surface area (Å²) in [5.74, 6) is 2.74. The van der Waals surface area contributed by atoms with Crippen LogP contribution in [0.5, 0.6) is 0 Å². The molecule has 2 aromatic rings. The minimum Gasteiger partial charge on any atom is -0.357 e. The van der Waals surface area contributed by atoms with Crippen LogP contribution in [0.1, 0.15) is 39.5 Å². The zero-order valence-corrected chi connectivity index (χ0v) is 19.0. The number of halogens is 1. The second-order valence-electron chi connectivity index (χ2n) is 8.14. The molecule has 0 aliphatic carbocycles. The molecule has 0 spiro atoms. The van der Waals surface area contributed by atoms with E-state index in [0.29, 0.717) is 35.7 Å². The van der Waals surface area contributed by atoms with Gasteiger partial charge in [-0.05, 0) is 49.9 Å². The number of rotatable bonds is 8. The first kappa shape index (κ1) is 22.6. The Labute approximate surface area is 184 Å². The summed E-state index contributed by atoms with van der Waals surface area (Å²) in [4.78, 5) is 11.7. The SMILES string of the molecule is CCNC(=NCCc1nc(-c2ccc(Cl)cc2)no1)NC1CCN(CC(C)C)CC1. The second-order valence-corrected chi connectivity index (χ2v) is 8.58. The van der Waals surface area contributed by atoms with Crippen molar-refractivity contribution in [2.24, 2.45) is 10.9 Å². The number of aromatic nitrogens is 2. The zero-order valence-electron chi connectivity index (χ0n) is 18.2. The Morgan fingerprint density at radius 2 is 2.00 bits per heavy atom. The number of likely N-dealkylation sites (tertiary alicyclic amines) is 1. The molecule has 0 radical (unpaired) electrons. The molecule has 0 atom stereocenters. The zero-order chi connectivity index (χ0) is 21.3. The lowest BCUT2D eigenvalue weighted by Gasteiger charge is -2.34. The molecule has 8 heteroatoms. The highest BCUT2D eigenvalue weighted by atomic mass is 35.5. The van der Waals surface area contributed by atoms with Gasteiger partial charge in [0, 0.05) is 49.2 Å². The normalized spacial score (nSPS) is 16.2. The van der Waals surface area contributed by atoms with E-state index in [-0.39, 0.29) is 0 Å². The number of hydrogen-bond acceptors (Lipinski definition) is 5. The van der Waals surface area contributed by atoms with Gasteiger partial charge in [0.05, 0.1) is 6.54 Å². The van der Waals surface area contributed by atoms with E-state index in [1.807, 2.05) is 24.3 Å². The smallest absolute Gasteiger partial charge is 0.228 e. The third-order valence-electron chi connectivity index (χ3n) is 5.06. The van der Waals surface area contributed by atoms with Gasteiger partial charge in [-0.3, -0.25) is 4.99 Å². The molecule has 7 nitrogen and oxygen atoms in total. The predicted molar refractivity (Wildman–Crippen MR) is 122 cm³/mol. The van der Waals surface area contributed by atoms with Crippen LogP contribution in [-0.2, 0) is 6.42 Å². The maximum absolute atomic E-state index is 5.93. The topological polar surface area (TPSA) is 78.6 Å². The van der Waals surface area contributed by atoms with Gasteiger partial charge < -0.3 is 20.1 Å². The third-order valence-corrected chi connectivity index (χ3v) is 5.31. The molecule has 1 fully saturated rings. The first-order valence-corrected chi connectivity index (χ1v) is 11.3. The number of guanidine groups is 1. The van der Waals surface area contributed by atoms with Crippen molar-refractivity contribution in [3.05, 3.63) is 35.2 Å². The highest BCUT2D eigenvalue weighted by Gasteiger charge is 2.20. The fourth-order valence-electron chi connectivity index (χ4n) is 3.63. The summed E-state index contributed by atoms with van der Waals surface area (Å²) in [6.07, 6.45) is 2.89. The highest BCUT2D eigenvalue weighted by molar-refractivity contribution is 6.30. The lowest BCUT2D eigenvalue weighted by atomic mass is 10.0. The van der Waals surface area contributed by atoms with Gasteiger partial charge in [0.2, 0.25) is 11.7 Å². The van der Waals surface area contributed by atoms with Gasteiger partial charge in [-0.25, -0.2) is 0 Å². The van der Waals surface area contributed by atoms with Crippen molar-refractivity contribution in [2.45, 2.75) is 46.1 Å². The van der Waals surface area contributed by atoms with Gasteiger partial charge in [0.1, 0.15) is 0 Å². The fraction of sp³-hybridized carbons (Fsp3) is 0.591. The van der Waals surface area contributed by atoms with Gasteiger partial charge in [-0.2, -0.15) is 4.98 Å². The van der Waals surface area contributed by atoms with Crippen LogP contribution in [0.4, 0.5) is 0 Å². The molecule has 164 valence electrons. The van der Waals surface area contributed by atoms with E-state index < -0.39 is 0 Å². The van der Waals surface area contributed by atoms with Crippen molar-refractivity contribution in [1.82, 2.24) is 25.7 Å². The molecule has 0 unspecified atom stereocenters. The Kier molecular flexibility index (Phi) is 8.51. The summed E-state index contributed by atoms with van der Waals surface area (Å²) in [7, 11) is 0. The van der Waals surface area contributed by atoms with Crippen LogP contribution in [-0.4, -0.2) is 59.8 Å². The number of hydrogen-bond donors (Lipinski definition) is 2. The van der Waals surface area contributed by atoms with Crippen molar-refractivity contribution in [3.63, 3.8) is 0 Å². The lowest BCUT2D eigenvalue weighted by molar-refractivity contribution is 0.187. The maximum atomic E-state index is 5.93. The van der Waals surface area contributed by atoms with Gasteiger partial charge in [0.25, 0.3) is 0 Å². The monoisotopic (exact) mass is 432 g/mol. The molecule has 3 rings (SSSR count). The van der Waals surface area contributed by atoms with Crippen LogP contribution in [0.15, 0.2) is 33.8 Å². The average molecular weight is 433 g/mol. The van der Waals surface area contributed by atoms with Crippen LogP contribution in [0.2, 0.25) is 5.02 Å². The van der Waals surface area contributed by atoms with Crippen molar-refractivity contribution in [2.75, 3.05) is 32.7 Å². The van der Waals surface area contributed by atoms with Crippen molar-refractivity contribution < 1.29 is 4.52 Å².